The Morgan fingerprint density at radius 1 is 1.00 bits per heavy atom. The van der Waals surface area contributed by atoms with Crippen LogP contribution in [-0.2, 0) is 17.8 Å². The molecule has 2 aromatic carbocycles. The van der Waals surface area contributed by atoms with E-state index in [-0.39, 0.29) is 24.0 Å². The number of thiocarbonyl (C=S) groups is 1. The first-order valence-electron chi connectivity index (χ1n) is 8.09. The summed E-state index contributed by atoms with van der Waals surface area (Å²) < 4.78 is 5.50. The van der Waals surface area contributed by atoms with Crippen molar-refractivity contribution in [1.29, 1.82) is 0 Å². The number of carbonyl (C=O) groups is 1. The Labute approximate surface area is 156 Å². The van der Waals surface area contributed by atoms with E-state index >= 15 is 0 Å². The van der Waals surface area contributed by atoms with E-state index in [1.54, 1.807) is 6.07 Å². The highest BCUT2D eigenvalue weighted by Crippen LogP contribution is 2.23. The first kappa shape index (κ1) is 17.8. The van der Waals surface area contributed by atoms with Crippen LogP contribution in [0.5, 0.6) is 0 Å². The molecule has 0 spiro atoms. The maximum atomic E-state index is 12.0. The zero-order valence-corrected chi connectivity index (χ0v) is 14.8. The zero-order chi connectivity index (χ0) is 18.4. The van der Waals surface area contributed by atoms with Gasteiger partial charge in [0.1, 0.15) is 18.1 Å². The van der Waals surface area contributed by atoms with Gasteiger partial charge in [0.15, 0.2) is 5.11 Å². The second kappa shape index (κ2) is 8.42. The molecule has 0 aliphatic heterocycles. The van der Waals surface area contributed by atoms with Crippen molar-refractivity contribution in [2.75, 3.05) is 5.32 Å². The summed E-state index contributed by atoms with van der Waals surface area (Å²) in [5.41, 5.74) is 2.57. The minimum Gasteiger partial charge on any atom is -0.459 e. The highest BCUT2D eigenvalue weighted by Gasteiger charge is 2.07. The van der Waals surface area contributed by atoms with Crippen LogP contribution in [0.1, 0.15) is 11.3 Å². The molecule has 132 valence electrons. The van der Waals surface area contributed by atoms with Gasteiger partial charge in [0.05, 0.1) is 6.42 Å². The van der Waals surface area contributed by atoms with Crippen LogP contribution in [0.4, 0.5) is 5.69 Å². The molecule has 0 aliphatic rings. The monoisotopic (exact) mass is 366 g/mol. The largest absolute Gasteiger partial charge is 0.459 e. The summed E-state index contributed by atoms with van der Waals surface area (Å²) in [6.45, 7) is -0.128. The average Bonchev–Trinajstić information content (AvgIpc) is 3.12. The quantitative estimate of drug-likeness (QED) is 0.603. The molecule has 1 amide bonds. The van der Waals surface area contributed by atoms with E-state index in [1.807, 2.05) is 60.7 Å². The average molecular weight is 366 g/mol. The number of aliphatic hydroxyl groups is 1. The van der Waals surface area contributed by atoms with Crippen LogP contribution in [-0.4, -0.2) is 16.1 Å². The summed E-state index contributed by atoms with van der Waals surface area (Å²) in [6, 6.07) is 20.4. The lowest BCUT2D eigenvalue weighted by atomic mass is 10.1. The number of anilines is 1. The lowest BCUT2D eigenvalue weighted by molar-refractivity contribution is -0.119. The number of carbonyl (C=O) groups excluding carboxylic acids is 1. The van der Waals surface area contributed by atoms with E-state index in [9.17, 15) is 4.79 Å². The van der Waals surface area contributed by atoms with Crippen molar-refractivity contribution in [3.63, 3.8) is 0 Å². The summed E-state index contributed by atoms with van der Waals surface area (Å²) in [5.74, 6) is 1.03. The fourth-order valence-corrected chi connectivity index (χ4v) is 2.68. The van der Waals surface area contributed by atoms with Gasteiger partial charge in [0.2, 0.25) is 5.91 Å². The highest BCUT2D eigenvalue weighted by molar-refractivity contribution is 7.80. The second-order valence-electron chi connectivity index (χ2n) is 5.67. The normalized spacial score (nSPS) is 10.3. The molecule has 0 saturated carbocycles. The Bertz CT molecular complexity index is 889. The molecule has 3 N–H and O–H groups in total. The van der Waals surface area contributed by atoms with Crippen molar-refractivity contribution >= 4 is 28.9 Å². The van der Waals surface area contributed by atoms with E-state index in [0.29, 0.717) is 11.5 Å². The zero-order valence-electron chi connectivity index (χ0n) is 13.9. The van der Waals surface area contributed by atoms with Crippen molar-refractivity contribution in [3.8, 4) is 11.3 Å². The Kier molecular flexibility index (Phi) is 5.78. The number of nitrogens with one attached hydrogen (secondary N) is 2. The lowest BCUT2D eigenvalue weighted by Gasteiger charge is -2.10. The topological polar surface area (TPSA) is 74.5 Å². The fourth-order valence-electron chi connectivity index (χ4n) is 2.45. The SMILES string of the molecule is O=C(Cc1ccccc1)NC(=S)Nc1ccc(-c2ccc(CO)o2)cc1. The van der Waals surface area contributed by atoms with Gasteiger partial charge in [-0.2, -0.15) is 0 Å². The van der Waals surface area contributed by atoms with Crippen molar-refractivity contribution in [3.05, 3.63) is 78.1 Å². The van der Waals surface area contributed by atoms with Gasteiger partial charge >= 0.3 is 0 Å². The van der Waals surface area contributed by atoms with Crippen LogP contribution in [0.3, 0.4) is 0 Å². The maximum Gasteiger partial charge on any atom is 0.230 e. The molecule has 3 rings (SSSR count). The Morgan fingerprint density at radius 3 is 2.38 bits per heavy atom. The van der Waals surface area contributed by atoms with Gasteiger partial charge in [-0.25, -0.2) is 0 Å². The number of amides is 1. The van der Waals surface area contributed by atoms with Gasteiger partial charge in [0, 0.05) is 11.3 Å². The standard InChI is InChI=1S/C20H18N2O3S/c23-13-17-10-11-18(25-17)15-6-8-16(9-7-15)21-20(26)22-19(24)12-14-4-2-1-3-5-14/h1-11,23H,12-13H2,(H2,21,22,24,26). The first-order valence-corrected chi connectivity index (χ1v) is 8.49. The molecule has 1 aromatic heterocycles. The molecular formula is C20H18N2O3S. The summed E-state index contributed by atoms with van der Waals surface area (Å²) >= 11 is 5.18. The molecule has 1 heterocycles. The molecular weight excluding hydrogens is 348 g/mol. The number of hydrogen-bond donors (Lipinski definition) is 3. The molecule has 0 saturated heterocycles. The Balaban J connectivity index is 1.55. The van der Waals surface area contributed by atoms with Gasteiger partial charge in [0.25, 0.3) is 0 Å². The molecule has 0 radical (unpaired) electrons. The number of benzene rings is 2. The predicted molar refractivity (Wildman–Crippen MR) is 105 cm³/mol. The number of aliphatic hydroxyl groups excluding tert-OH is 1. The fraction of sp³-hybridized carbons (Fsp3) is 0.100. The third-order valence-electron chi connectivity index (χ3n) is 3.71. The van der Waals surface area contributed by atoms with Gasteiger partial charge < -0.3 is 20.2 Å². The smallest absolute Gasteiger partial charge is 0.230 e. The summed E-state index contributed by atoms with van der Waals surface area (Å²) in [6.07, 6.45) is 0.271. The molecule has 0 unspecified atom stereocenters. The Hall–Kier alpha value is -2.96. The number of hydrogen-bond acceptors (Lipinski definition) is 4. The number of furan rings is 1. The van der Waals surface area contributed by atoms with Crippen LogP contribution in [0.15, 0.2) is 71.1 Å². The van der Waals surface area contributed by atoms with E-state index in [2.05, 4.69) is 10.6 Å². The van der Waals surface area contributed by atoms with Crippen molar-refractivity contribution < 1.29 is 14.3 Å². The summed E-state index contributed by atoms with van der Waals surface area (Å²) in [7, 11) is 0. The van der Waals surface area contributed by atoms with Crippen LogP contribution in [0.25, 0.3) is 11.3 Å². The maximum absolute atomic E-state index is 12.0. The van der Waals surface area contributed by atoms with Gasteiger partial charge in [-0.3, -0.25) is 4.79 Å². The van der Waals surface area contributed by atoms with E-state index in [4.69, 9.17) is 21.7 Å². The second-order valence-corrected chi connectivity index (χ2v) is 6.07. The molecule has 0 fully saturated rings. The third kappa shape index (κ3) is 4.78. The van der Waals surface area contributed by atoms with Crippen LogP contribution >= 0.6 is 12.2 Å². The summed E-state index contributed by atoms with van der Waals surface area (Å²) in [5, 5.41) is 15.0. The van der Waals surface area contributed by atoms with Gasteiger partial charge in [-0.05, 0) is 54.2 Å². The molecule has 5 nitrogen and oxygen atoms in total. The number of rotatable bonds is 5. The predicted octanol–water partition coefficient (Wildman–Crippen LogP) is 3.49. The minimum absolute atomic E-state index is 0.128. The van der Waals surface area contributed by atoms with Crippen LogP contribution < -0.4 is 10.6 Å². The van der Waals surface area contributed by atoms with Crippen molar-refractivity contribution in [1.82, 2.24) is 5.32 Å². The first-order chi connectivity index (χ1) is 12.6. The molecule has 0 bridgehead atoms. The molecule has 3 aromatic rings. The van der Waals surface area contributed by atoms with Gasteiger partial charge in [-0.1, -0.05) is 30.3 Å². The van der Waals surface area contributed by atoms with Gasteiger partial charge in [-0.15, -0.1) is 0 Å². The van der Waals surface area contributed by atoms with E-state index in [0.717, 1.165) is 16.8 Å². The molecule has 26 heavy (non-hydrogen) atoms. The van der Waals surface area contributed by atoms with Crippen LogP contribution in [0, 0.1) is 0 Å². The molecule has 0 aliphatic carbocycles. The van der Waals surface area contributed by atoms with E-state index in [1.165, 1.54) is 0 Å². The van der Waals surface area contributed by atoms with E-state index < -0.39 is 0 Å². The lowest BCUT2D eigenvalue weighted by Crippen LogP contribution is -2.35. The Morgan fingerprint density at radius 2 is 1.73 bits per heavy atom. The highest BCUT2D eigenvalue weighted by atomic mass is 32.1. The summed E-state index contributed by atoms with van der Waals surface area (Å²) in [4.78, 5) is 12.0. The molecule has 0 atom stereocenters. The van der Waals surface area contributed by atoms with Crippen LogP contribution in [0.2, 0.25) is 0 Å². The minimum atomic E-state index is -0.169. The third-order valence-corrected chi connectivity index (χ3v) is 3.91. The molecule has 6 heteroatoms. The van der Waals surface area contributed by atoms with Crippen molar-refractivity contribution in [2.24, 2.45) is 0 Å². The van der Waals surface area contributed by atoms with Crippen molar-refractivity contribution in [2.45, 2.75) is 13.0 Å².